The molecule has 0 spiro atoms. The summed E-state index contributed by atoms with van der Waals surface area (Å²) in [6.07, 6.45) is 8.13. The van der Waals surface area contributed by atoms with E-state index in [1.54, 1.807) is 21.3 Å². The second-order valence-corrected chi connectivity index (χ2v) is 7.45. The smallest absolute Gasteiger partial charge is 0.203 e. The van der Waals surface area contributed by atoms with Crippen molar-refractivity contribution in [1.82, 2.24) is 9.80 Å². The Morgan fingerprint density at radius 3 is 2.04 bits per heavy atom. The van der Waals surface area contributed by atoms with Gasteiger partial charge >= 0.3 is 0 Å². The van der Waals surface area contributed by atoms with Crippen LogP contribution < -0.4 is 14.2 Å². The van der Waals surface area contributed by atoms with E-state index >= 15 is 0 Å². The van der Waals surface area contributed by atoms with Crippen molar-refractivity contribution < 1.29 is 14.2 Å². The second kappa shape index (κ2) is 9.47. The van der Waals surface area contributed by atoms with Crippen molar-refractivity contribution >= 4 is 0 Å². The van der Waals surface area contributed by atoms with Crippen molar-refractivity contribution in [2.45, 2.75) is 51.1 Å². The summed E-state index contributed by atoms with van der Waals surface area (Å²) in [7, 11) is 5.02. The maximum atomic E-state index is 5.64. The van der Waals surface area contributed by atoms with Crippen molar-refractivity contribution in [2.24, 2.45) is 0 Å². The van der Waals surface area contributed by atoms with Crippen LogP contribution in [0, 0.1) is 0 Å². The fourth-order valence-electron chi connectivity index (χ4n) is 4.43. The van der Waals surface area contributed by atoms with Crippen molar-refractivity contribution in [3.05, 3.63) is 17.7 Å². The summed E-state index contributed by atoms with van der Waals surface area (Å²) in [5.41, 5.74) is 1.17. The maximum absolute atomic E-state index is 5.64. The zero-order chi connectivity index (χ0) is 18.4. The Morgan fingerprint density at radius 2 is 1.46 bits per heavy atom. The highest BCUT2D eigenvalue weighted by Crippen LogP contribution is 2.40. The maximum Gasteiger partial charge on any atom is 0.203 e. The van der Waals surface area contributed by atoms with Gasteiger partial charge in [-0.25, -0.2) is 0 Å². The van der Waals surface area contributed by atoms with Crippen molar-refractivity contribution in [1.29, 1.82) is 0 Å². The number of nitrogens with zero attached hydrogens (tertiary/aromatic N) is 2. The molecule has 2 aliphatic heterocycles. The van der Waals surface area contributed by atoms with Crippen molar-refractivity contribution in [3.8, 4) is 17.2 Å². The minimum absolute atomic E-state index is 0.687. The lowest BCUT2D eigenvalue weighted by atomic mass is 10.0. The number of benzene rings is 1. The Kier molecular flexibility index (Phi) is 7.03. The van der Waals surface area contributed by atoms with Crippen LogP contribution in [0.4, 0.5) is 0 Å². The molecule has 0 amide bonds. The Balaban J connectivity index is 1.60. The van der Waals surface area contributed by atoms with Gasteiger partial charge in [-0.15, -0.1) is 0 Å². The molecule has 26 heavy (non-hydrogen) atoms. The average molecular weight is 363 g/mol. The highest BCUT2D eigenvalue weighted by molar-refractivity contribution is 5.55. The molecule has 5 heteroatoms. The minimum atomic E-state index is 0.687. The number of hydrogen-bond donors (Lipinski definition) is 0. The first-order chi connectivity index (χ1) is 12.8. The van der Waals surface area contributed by atoms with Crippen LogP contribution >= 0.6 is 0 Å². The molecule has 2 heterocycles. The summed E-state index contributed by atoms with van der Waals surface area (Å²) in [5, 5.41) is 0. The second-order valence-electron chi connectivity index (χ2n) is 7.45. The molecule has 0 atom stereocenters. The van der Waals surface area contributed by atoms with Crippen LogP contribution in [0.25, 0.3) is 0 Å². The molecular formula is C21H34N2O3. The third-order valence-corrected chi connectivity index (χ3v) is 5.89. The van der Waals surface area contributed by atoms with Crippen LogP contribution in [0.1, 0.15) is 44.1 Å². The molecule has 1 aromatic carbocycles. The summed E-state index contributed by atoms with van der Waals surface area (Å²) in [6.45, 7) is 5.80. The summed E-state index contributed by atoms with van der Waals surface area (Å²) >= 11 is 0. The molecule has 0 radical (unpaired) electrons. The quantitative estimate of drug-likeness (QED) is 0.773. The van der Waals surface area contributed by atoms with Gasteiger partial charge in [0.25, 0.3) is 0 Å². The highest BCUT2D eigenvalue weighted by Gasteiger charge is 2.26. The topological polar surface area (TPSA) is 34.2 Å². The van der Waals surface area contributed by atoms with E-state index in [2.05, 4.69) is 15.9 Å². The molecule has 3 rings (SSSR count). The van der Waals surface area contributed by atoms with Crippen LogP contribution in [-0.2, 0) is 6.54 Å². The Bertz CT molecular complexity index is 563. The molecule has 2 saturated heterocycles. The van der Waals surface area contributed by atoms with Gasteiger partial charge in [-0.2, -0.15) is 0 Å². The van der Waals surface area contributed by atoms with Crippen LogP contribution in [0.15, 0.2) is 12.1 Å². The van der Waals surface area contributed by atoms with Gasteiger partial charge < -0.3 is 19.1 Å². The summed E-state index contributed by atoms with van der Waals surface area (Å²) in [4.78, 5) is 5.29. The zero-order valence-corrected chi connectivity index (χ0v) is 16.6. The van der Waals surface area contributed by atoms with E-state index in [0.717, 1.165) is 31.4 Å². The highest BCUT2D eigenvalue weighted by atomic mass is 16.5. The zero-order valence-electron chi connectivity index (χ0n) is 16.6. The fourth-order valence-corrected chi connectivity index (χ4v) is 4.43. The van der Waals surface area contributed by atoms with Gasteiger partial charge in [0.15, 0.2) is 11.5 Å². The van der Waals surface area contributed by atoms with Gasteiger partial charge in [0, 0.05) is 18.2 Å². The number of hydrogen-bond acceptors (Lipinski definition) is 5. The summed E-state index contributed by atoms with van der Waals surface area (Å²) in [5.74, 6) is 2.20. The third kappa shape index (κ3) is 4.44. The SMILES string of the molecule is COc1ccc(CN2CCC(N3CCCCCC3)CC2)c(OC)c1OC. The summed E-state index contributed by atoms with van der Waals surface area (Å²) < 4.78 is 16.6. The predicted molar refractivity (Wildman–Crippen MR) is 104 cm³/mol. The first kappa shape index (κ1) is 19.3. The molecular weight excluding hydrogens is 328 g/mol. The third-order valence-electron chi connectivity index (χ3n) is 5.89. The Morgan fingerprint density at radius 1 is 0.808 bits per heavy atom. The molecule has 0 aliphatic carbocycles. The monoisotopic (exact) mass is 362 g/mol. The number of likely N-dealkylation sites (tertiary alicyclic amines) is 2. The van der Waals surface area contributed by atoms with E-state index in [-0.39, 0.29) is 0 Å². The average Bonchev–Trinajstić information content (AvgIpc) is 2.97. The van der Waals surface area contributed by atoms with Crippen molar-refractivity contribution in [2.75, 3.05) is 47.5 Å². The summed E-state index contributed by atoms with van der Waals surface area (Å²) in [6, 6.07) is 4.85. The minimum Gasteiger partial charge on any atom is -0.493 e. The van der Waals surface area contributed by atoms with Crippen LogP contribution in [0.2, 0.25) is 0 Å². The largest absolute Gasteiger partial charge is 0.493 e. The number of piperidine rings is 1. The van der Waals surface area contributed by atoms with Gasteiger partial charge in [0.2, 0.25) is 5.75 Å². The number of ether oxygens (including phenoxy) is 3. The van der Waals surface area contributed by atoms with E-state index in [1.165, 1.54) is 57.2 Å². The lowest BCUT2D eigenvalue weighted by molar-refractivity contribution is 0.107. The Labute approximate surface area is 158 Å². The predicted octanol–water partition coefficient (Wildman–Crippen LogP) is 3.55. The molecule has 0 N–H and O–H groups in total. The Hall–Kier alpha value is -1.46. The van der Waals surface area contributed by atoms with E-state index in [9.17, 15) is 0 Å². The normalized spacial score (nSPS) is 20.6. The van der Waals surface area contributed by atoms with Crippen LogP contribution in [0.5, 0.6) is 17.2 Å². The van der Waals surface area contributed by atoms with E-state index in [1.807, 2.05) is 6.07 Å². The molecule has 2 fully saturated rings. The first-order valence-electron chi connectivity index (χ1n) is 10.0. The van der Waals surface area contributed by atoms with Crippen LogP contribution in [0.3, 0.4) is 0 Å². The molecule has 5 nitrogen and oxygen atoms in total. The van der Waals surface area contributed by atoms with Crippen LogP contribution in [-0.4, -0.2) is 63.4 Å². The first-order valence-corrected chi connectivity index (χ1v) is 10.0. The lowest BCUT2D eigenvalue weighted by Gasteiger charge is -2.38. The van der Waals surface area contributed by atoms with Crippen molar-refractivity contribution in [3.63, 3.8) is 0 Å². The van der Waals surface area contributed by atoms with Gasteiger partial charge in [-0.05, 0) is 57.9 Å². The van der Waals surface area contributed by atoms with Gasteiger partial charge in [0.1, 0.15) is 0 Å². The van der Waals surface area contributed by atoms with E-state index in [4.69, 9.17) is 14.2 Å². The molecule has 146 valence electrons. The molecule has 0 saturated carbocycles. The fraction of sp³-hybridized carbons (Fsp3) is 0.714. The number of rotatable bonds is 6. The standard InChI is InChI=1S/C21H34N2O3/c1-24-19-9-8-17(20(25-2)21(19)26-3)16-22-14-10-18(11-15-22)23-12-6-4-5-7-13-23/h8-9,18H,4-7,10-16H2,1-3H3. The molecule has 0 unspecified atom stereocenters. The van der Waals surface area contributed by atoms with Gasteiger partial charge in [-0.3, -0.25) is 4.90 Å². The molecule has 2 aliphatic rings. The van der Waals surface area contributed by atoms with E-state index in [0.29, 0.717) is 11.5 Å². The molecule has 1 aromatic rings. The van der Waals surface area contributed by atoms with Gasteiger partial charge in [-0.1, -0.05) is 18.9 Å². The van der Waals surface area contributed by atoms with Gasteiger partial charge in [0.05, 0.1) is 21.3 Å². The molecule has 0 aromatic heterocycles. The molecule has 0 bridgehead atoms. The van der Waals surface area contributed by atoms with E-state index < -0.39 is 0 Å². The number of methoxy groups -OCH3 is 3. The lowest BCUT2D eigenvalue weighted by Crippen LogP contribution is -2.45.